The van der Waals surface area contributed by atoms with E-state index in [1.54, 1.807) is 18.2 Å². The summed E-state index contributed by atoms with van der Waals surface area (Å²) in [5.74, 6) is 1.09. The Morgan fingerprint density at radius 1 is 1.12 bits per heavy atom. The Bertz CT molecular complexity index is 759. The van der Waals surface area contributed by atoms with Crippen molar-refractivity contribution in [1.29, 1.82) is 0 Å². The van der Waals surface area contributed by atoms with Crippen molar-refractivity contribution in [3.05, 3.63) is 57.5 Å². The minimum Gasteiger partial charge on any atom is -0.491 e. The molecule has 0 saturated heterocycles. The Balaban J connectivity index is 1.76. The van der Waals surface area contributed by atoms with Gasteiger partial charge in [0.05, 0.1) is 11.6 Å². The van der Waals surface area contributed by atoms with Crippen LogP contribution in [0.5, 0.6) is 11.5 Å². The smallest absolute Gasteiger partial charge is 0.258 e. The molecule has 26 heavy (non-hydrogen) atoms. The van der Waals surface area contributed by atoms with Gasteiger partial charge in [0.2, 0.25) is 0 Å². The van der Waals surface area contributed by atoms with Crippen LogP contribution >= 0.6 is 27.5 Å². The van der Waals surface area contributed by atoms with Gasteiger partial charge in [0.25, 0.3) is 5.91 Å². The maximum Gasteiger partial charge on any atom is 0.258 e. The van der Waals surface area contributed by atoms with Gasteiger partial charge in [-0.15, -0.1) is 0 Å². The number of halogens is 2. The Morgan fingerprint density at radius 3 is 2.54 bits per heavy atom. The largest absolute Gasteiger partial charge is 0.491 e. The van der Waals surface area contributed by atoms with E-state index in [0.29, 0.717) is 23.9 Å². The van der Waals surface area contributed by atoms with E-state index < -0.39 is 0 Å². The topological polar surface area (TPSA) is 47.6 Å². The van der Waals surface area contributed by atoms with E-state index in [4.69, 9.17) is 21.1 Å². The van der Waals surface area contributed by atoms with Crippen LogP contribution in [0.2, 0.25) is 5.02 Å². The van der Waals surface area contributed by atoms with Crippen LogP contribution in [0.1, 0.15) is 26.3 Å². The maximum atomic E-state index is 11.9. The molecule has 2 rings (SSSR count). The molecule has 2 aromatic rings. The van der Waals surface area contributed by atoms with Crippen LogP contribution in [0, 0.1) is 0 Å². The van der Waals surface area contributed by atoms with E-state index in [0.717, 1.165) is 15.8 Å². The first-order valence-electron chi connectivity index (χ1n) is 8.34. The number of amides is 1. The van der Waals surface area contributed by atoms with Gasteiger partial charge in [0.15, 0.2) is 6.61 Å². The molecule has 0 fully saturated rings. The van der Waals surface area contributed by atoms with Crippen molar-refractivity contribution in [3.63, 3.8) is 0 Å². The van der Waals surface area contributed by atoms with Crippen molar-refractivity contribution in [1.82, 2.24) is 5.32 Å². The maximum absolute atomic E-state index is 11.9. The summed E-state index contributed by atoms with van der Waals surface area (Å²) in [5, 5.41) is 3.22. The van der Waals surface area contributed by atoms with Crippen LogP contribution < -0.4 is 14.8 Å². The van der Waals surface area contributed by atoms with Crippen LogP contribution in [-0.4, -0.2) is 25.7 Å². The molecule has 0 bridgehead atoms. The third-order valence-electron chi connectivity index (χ3n) is 3.63. The molecule has 4 nitrogen and oxygen atoms in total. The van der Waals surface area contributed by atoms with Gasteiger partial charge in [0, 0.05) is 4.47 Å². The Morgan fingerprint density at radius 2 is 1.85 bits per heavy atom. The normalized spacial score (nSPS) is 11.1. The number of ether oxygens (including phenoxy) is 2. The van der Waals surface area contributed by atoms with Gasteiger partial charge in [0.1, 0.15) is 18.1 Å². The standard InChI is InChI=1S/C20H23BrClNO3/c1-20(2,3)15-6-4-5-7-17(15)25-11-10-23-19(24)13-26-18-9-8-14(21)12-16(18)22/h4-9,12H,10-11,13H2,1-3H3,(H,23,24). The molecule has 0 aliphatic heterocycles. The number of nitrogens with one attached hydrogen (secondary N) is 1. The lowest BCUT2D eigenvalue weighted by molar-refractivity contribution is -0.123. The van der Waals surface area contributed by atoms with Crippen LogP contribution in [0.4, 0.5) is 0 Å². The summed E-state index contributed by atoms with van der Waals surface area (Å²) in [6.07, 6.45) is 0. The molecule has 6 heteroatoms. The second-order valence-corrected chi connectivity index (χ2v) is 8.13. The summed E-state index contributed by atoms with van der Waals surface area (Å²) in [7, 11) is 0. The van der Waals surface area contributed by atoms with Crippen molar-refractivity contribution in [2.75, 3.05) is 19.8 Å². The van der Waals surface area contributed by atoms with E-state index in [1.165, 1.54) is 0 Å². The number of carbonyl (C=O) groups is 1. The minimum atomic E-state index is -0.225. The molecule has 1 N–H and O–H groups in total. The molecule has 0 unspecified atom stereocenters. The molecule has 0 aliphatic carbocycles. The zero-order valence-electron chi connectivity index (χ0n) is 15.1. The van der Waals surface area contributed by atoms with Crippen LogP contribution in [0.15, 0.2) is 46.9 Å². The van der Waals surface area contributed by atoms with Gasteiger partial charge in [-0.2, -0.15) is 0 Å². The third kappa shape index (κ3) is 6.22. The first-order valence-corrected chi connectivity index (χ1v) is 9.51. The molecule has 0 aliphatic rings. The van der Waals surface area contributed by atoms with E-state index in [1.807, 2.05) is 18.2 Å². The van der Waals surface area contributed by atoms with Gasteiger partial charge < -0.3 is 14.8 Å². The second kappa shape index (κ2) is 9.28. The molecule has 140 valence electrons. The van der Waals surface area contributed by atoms with Gasteiger partial charge >= 0.3 is 0 Å². The number of hydrogen-bond donors (Lipinski definition) is 1. The van der Waals surface area contributed by atoms with Gasteiger partial charge in [-0.05, 0) is 35.2 Å². The van der Waals surface area contributed by atoms with Crippen molar-refractivity contribution in [2.24, 2.45) is 0 Å². The highest BCUT2D eigenvalue weighted by atomic mass is 79.9. The predicted octanol–water partition coefficient (Wildman–Crippen LogP) is 4.97. The Kier molecular flexibility index (Phi) is 7.35. The average Bonchev–Trinajstić information content (AvgIpc) is 2.57. The molecule has 0 spiro atoms. The highest BCUT2D eigenvalue weighted by Crippen LogP contribution is 2.31. The molecule has 1 amide bonds. The lowest BCUT2D eigenvalue weighted by Crippen LogP contribution is -2.32. The fourth-order valence-electron chi connectivity index (χ4n) is 2.35. The first-order chi connectivity index (χ1) is 12.3. The summed E-state index contributed by atoms with van der Waals surface area (Å²) >= 11 is 9.37. The average molecular weight is 441 g/mol. The van der Waals surface area contributed by atoms with E-state index in [2.05, 4.69) is 48.1 Å². The number of para-hydroxylation sites is 1. The zero-order chi connectivity index (χ0) is 19.2. The fourth-order valence-corrected chi connectivity index (χ4v) is 3.08. The first kappa shape index (κ1) is 20.6. The van der Waals surface area contributed by atoms with E-state index in [9.17, 15) is 4.79 Å². The van der Waals surface area contributed by atoms with Crippen molar-refractivity contribution in [3.8, 4) is 11.5 Å². The minimum absolute atomic E-state index is 0.00235. The summed E-state index contributed by atoms with van der Waals surface area (Å²) in [5.41, 5.74) is 1.14. The quantitative estimate of drug-likeness (QED) is 0.618. The summed E-state index contributed by atoms with van der Waals surface area (Å²) in [6, 6.07) is 13.2. The second-order valence-electron chi connectivity index (χ2n) is 6.81. The molecule has 2 aromatic carbocycles. The Labute approximate surface area is 168 Å². The monoisotopic (exact) mass is 439 g/mol. The summed E-state index contributed by atoms with van der Waals surface area (Å²) in [6.45, 7) is 7.11. The molecule has 0 saturated carbocycles. The molecular formula is C20H23BrClNO3. The highest BCUT2D eigenvalue weighted by Gasteiger charge is 2.18. The predicted molar refractivity (Wildman–Crippen MR) is 108 cm³/mol. The van der Waals surface area contributed by atoms with Crippen LogP contribution in [0.25, 0.3) is 0 Å². The molecular weight excluding hydrogens is 418 g/mol. The van der Waals surface area contributed by atoms with Crippen molar-refractivity contribution >= 4 is 33.4 Å². The third-order valence-corrected chi connectivity index (χ3v) is 4.42. The lowest BCUT2D eigenvalue weighted by atomic mass is 9.86. The number of carbonyl (C=O) groups excluding carboxylic acids is 1. The summed E-state index contributed by atoms with van der Waals surface area (Å²) < 4.78 is 12.1. The van der Waals surface area contributed by atoms with Gasteiger partial charge in [-0.25, -0.2) is 0 Å². The molecule has 0 heterocycles. The van der Waals surface area contributed by atoms with E-state index >= 15 is 0 Å². The highest BCUT2D eigenvalue weighted by molar-refractivity contribution is 9.10. The molecule has 0 radical (unpaired) electrons. The number of rotatable bonds is 7. The fraction of sp³-hybridized carbons (Fsp3) is 0.350. The Hall–Kier alpha value is -1.72. The summed E-state index contributed by atoms with van der Waals surface area (Å²) in [4.78, 5) is 11.9. The van der Waals surface area contributed by atoms with Crippen molar-refractivity contribution in [2.45, 2.75) is 26.2 Å². The number of hydrogen-bond acceptors (Lipinski definition) is 3. The van der Waals surface area contributed by atoms with Crippen LogP contribution in [0.3, 0.4) is 0 Å². The zero-order valence-corrected chi connectivity index (χ0v) is 17.5. The van der Waals surface area contributed by atoms with Crippen molar-refractivity contribution < 1.29 is 14.3 Å². The van der Waals surface area contributed by atoms with Crippen LogP contribution in [-0.2, 0) is 10.2 Å². The van der Waals surface area contributed by atoms with Gasteiger partial charge in [-0.3, -0.25) is 4.79 Å². The SMILES string of the molecule is CC(C)(C)c1ccccc1OCCNC(=O)COc1ccc(Br)cc1Cl. The molecule has 0 atom stereocenters. The number of benzene rings is 2. The lowest BCUT2D eigenvalue weighted by Gasteiger charge is -2.22. The van der Waals surface area contributed by atoms with Gasteiger partial charge in [-0.1, -0.05) is 66.5 Å². The van der Waals surface area contributed by atoms with E-state index in [-0.39, 0.29) is 17.9 Å². The molecule has 0 aromatic heterocycles.